The number of benzene rings is 1. The molecule has 0 aliphatic heterocycles. The van der Waals surface area contributed by atoms with E-state index < -0.39 is 27.9 Å². The highest BCUT2D eigenvalue weighted by molar-refractivity contribution is 5.51. The molecule has 0 saturated carbocycles. The topological polar surface area (TPSA) is 81.2 Å². The summed E-state index contributed by atoms with van der Waals surface area (Å²) in [7, 11) is 0. The van der Waals surface area contributed by atoms with Gasteiger partial charge in [-0.3, -0.25) is 10.1 Å². The van der Waals surface area contributed by atoms with E-state index in [-0.39, 0.29) is 6.54 Å². The van der Waals surface area contributed by atoms with Crippen LogP contribution in [0.15, 0.2) is 29.0 Å². The van der Waals surface area contributed by atoms with Crippen LogP contribution in [0, 0.1) is 21.7 Å². The Labute approximate surface area is 99.4 Å². The summed E-state index contributed by atoms with van der Waals surface area (Å²) in [5, 5.41) is 16.4. The number of hydrogen-bond acceptors (Lipinski definition) is 5. The van der Waals surface area contributed by atoms with Gasteiger partial charge < -0.3 is 9.84 Å². The van der Waals surface area contributed by atoms with Crippen LogP contribution in [0.5, 0.6) is 0 Å². The summed E-state index contributed by atoms with van der Waals surface area (Å²) in [5.41, 5.74) is -0.632. The molecule has 1 N–H and O–H groups in total. The van der Waals surface area contributed by atoms with Gasteiger partial charge in [-0.2, -0.15) is 0 Å². The third-order valence-corrected chi connectivity index (χ3v) is 2.18. The maximum absolute atomic E-state index is 13.4. The SMILES string of the molecule is O=[N+]([O-])c1cc(F)c(NCc2ccon2)c(F)c1. The number of nitro benzene ring substituents is 1. The van der Waals surface area contributed by atoms with Crippen LogP contribution < -0.4 is 5.32 Å². The van der Waals surface area contributed by atoms with E-state index >= 15 is 0 Å². The fourth-order valence-electron chi connectivity index (χ4n) is 1.34. The van der Waals surface area contributed by atoms with Gasteiger partial charge in [-0.25, -0.2) is 8.78 Å². The van der Waals surface area contributed by atoms with E-state index in [9.17, 15) is 18.9 Å². The van der Waals surface area contributed by atoms with E-state index in [2.05, 4.69) is 15.0 Å². The lowest BCUT2D eigenvalue weighted by molar-refractivity contribution is -0.385. The van der Waals surface area contributed by atoms with Crippen molar-refractivity contribution in [1.82, 2.24) is 5.16 Å². The van der Waals surface area contributed by atoms with E-state index in [0.29, 0.717) is 17.8 Å². The maximum atomic E-state index is 13.4. The largest absolute Gasteiger partial charge is 0.374 e. The van der Waals surface area contributed by atoms with E-state index in [1.54, 1.807) is 0 Å². The first-order valence-electron chi connectivity index (χ1n) is 4.84. The van der Waals surface area contributed by atoms with Crippen LogP contribution in [0.2, 0.25) is 0 Å². The van der Waals surface area contributed by atoms with Gasteiger partial charge >= 0.3 is 0 Å². The molecule has 2 rings (SSSR count). The summed E-state index contributed by atoms with van der Waals surface area (Å²) >= 11 is 0. The number of non-ortho nitro benzene ring substituents is 1. The minimum atomic E-state index is -1.04. The zero-order valence-electron chi connectivity index (χ0n) is 8.89. The first-order valence-corrected chi connectivity index (χ1v) is 4.84. The number of nitrogens with zero attached hydrogens (tertiary/aromatic N) is 2. The second kappa shape index (κ2) is 4.78. The second-order valence-corrected chi connectivity index (χ2v) is 3.39. The maximum Gasteiger partial charge on any atom is 0.275 e. The van der Waals surface area contributed by atoms with Gasteiger partial charge in [0.1, 0.15) is 17.6 Å². The molecule has 0 amide bonds. The monoisotopic (exact) mass is 255 g/mol. The molecular formula is C10H7F2N3O3. The van der Waals surface area contributed by atoms with Gasteiger partial charge in [-0.1, -0.05) is 5.16 Å². The molecule has 8 heteroatoms. The van der Waals surface area contributed by atoms with Gasteiger partial charge in [0.2, 0.25) is 0 Å². The van der Waals surface area contributed by atoms with E-state index in [1.807, 2.05) is 0 Å². The first kappa shape index (κ1) is 12.0. The van der Waals surface area contributed by atoms with E-state index in [0.717, 1.165) is 0 Å². The van der Waals surface area contributed by atoms with Crippen molar-refractivity contribution in [2.45, 2.75) is 6.54 Å². The van der Waals surface area contributed by atoms with Gasteiger partial charge in [0, 0.05) is 6.07 Å². The zero-order valence-corrected chi connectivity index (χ0v) is 8.89. The van der Waals surface area contributed by atoms with E-state index in [1.165, 1.54) is 12.3 Å². The Hall–Kier alpha value is -2.51. The normalized spacial score (nSPS) is 10.3. The Morgan fingerprint density at radius 3 is 2.56 bits per heavy atom. The third kappa shape index (κ3) is 2.42. The summed E-state index contributed by atoms with van der Waals surface area (Å²) in [5.74, 6) is -2.07. The summed E-state index contributed by atoms with van der Waals surface area (Å²) in [6, 6.07) is 2.82. The van der Waals surface area contributed by atoms with Crippen molar-refractivity contribution in [3.8, 4) is 0 Å². The number of aromatic nitrogens is 1. The molecule has 94 valence electrons. The van der Waals surface area contributed by atoms with Crippen molar-refractivity contribution in [3.63, 3.8) is 0 Å². The number of halogens is 2. The third-order valence-electron chi connectivity index (χ3n) is 2.18. The average Bonchev–Trinajstić information content (AvgIpc) is 2.80. The number of hydrogen-bond donors (Lipinski definition) is 1. The van der Waals surface area contributed by atoms with Crippen molar-refractivity contribution < 1.29 is 18.2 Å². The first-order chi connectivity index (χ1) is 8.58. The second-order valence-electron chi connectivity index (χ2n) is 3.39. The summed E-state index contributed by atoms with van der Waals surface area (Å²) in [4.78, 5) is 9.52. The van der Waals surface area contributed by atoms with Crippen molar-refractivity contribution in [3.05, 3.63) is 51.9 Å². The lowest BCUT2D eigenvalue weighted by Gasteiger charge is -2.06. The minimum absolute atomic E-state index is 0.0438. The number of nitrogens with one attached hydrogen (secondary N) is 1. The highest BCUT2D eigenvalue weighted by Gasteiger charge is 2.16. The molecule has 2 aromatic rings. The molecule has 0 saturated heterocycles. The summed E-state index contributed by atoms with van der Waals surface area (Å²) < 4.78 is 31.4. The highest BCUT2D eigenvalue weighted by atomic mass is 19.1. The molecule has 0 unspecified atom stereocenters. The molecule has 0 aliphatic carbocycles. The van der Waals surface area contributed by atoms with Crippen LogP contribution in [0.25, 0.3) is 0 Å². The fourth-order valence-corrected chi connectivity index (χ4v) is 1.34. The van der Waals surface area contributed by atoms with Crippen LogP contribution >= 0.6 is 0 Å². The smallest absolute Gasteiger partial charge is 0.275 e. The van der Waals surface area contributed by atoms with E-state index in [4.69, 9.17) is 0 Å². The van der Waals surface area contributed by atoms with Crippen LogP contribution in [-0.2, 0) is 6.54 Å². The molecule has 0 aliphatic rings. The Kier molecular flexibility index (Phi) is 3.18. The molecular weight excluding hydrogens is 248 g/mol. The average molecular weight is 255 g/mol. The van der Waals surface area contributed by atoms with Gasteiger partial charge in [-0.15, -0.1) is 0 Å². The van der Waals surface area contributed by atoms with Crippen LogP contribution in [0.1, 0.15) is 5.69 Å². The molecule has 0 atom stereocenters. The van der Waals surface area contributed by atoms with Gasteiger partial charge in [0.25, 0.3) is 5.69 Å². The molecule has 1 heterocycles. The molecule has 1 aromatic heterocycles. The predicted molar refractivity (Wildman–Crippen MR) is 56.8 cm³/mol. The zero-order chi connectivity index (χ0) is 13.1. The van der Waals surface area contributed by atoms with Gasteiger partial charge in [-0.05, 0) is 0 Å². The fraction of sp³-hybridized carbons (Fsp3) is 0.100. The van der Waals surface area contributed by atoms with Crippen LogP contribution in [0.4, 0.5) is 20.2 Å². The van der Waals surface area contributed by atoms with Crippen molar-refractivity contribution in [1.29, 1.82) is 0 Å². The number of nitro groups is 1. The lowest BCUT2D eigenvalue weighted by atomic mass is 10.2. The highest BCUT2D eigenvalue weighted by Crippen LogP contribution is 2.25. The predicted octanol–water partition coefficient (Wildman–Crippen LogP) is 2.47. The molecule has 0 fully saturated rings. The molecule has 0 bridgehead atoms. The standard InChI is InChI=1S/C10H7F2N3O3/c11-8-3-7(15(16)17)4-9(12)10(8)13-5-6-1-2-18-14-6/h1-4,13H,5H2. The minimum Gasteiger partial charge on any atom is -0.374 e. The van der Waals surface area contributed by atoms with Crippen LogP contribution in [-0.4, -0.2) is 10.1 Å². The summed E-state index contributed by atoms with van der Waals surface area (Å²) in [6.45, 7) is 0.0438. The molecule has 6 nitrogen and oxygen atoms in total. The quantitative estimate of drug-likeness (QED) is 0.670. The van der Waals surface area contributed by atoms with Crippen molar-refractivity contribution in [2.24, 2.45) is 0 Å². The Balaban J connectivity index is 2.20. The van der Waals surface area contributed by atoms with Crippen molar-refractivity contribution >= 4 is 11.4 Å². The Morgan fingerprint density at radius 2 is 2.06 bits per heavy atom. The molecule has 0 spiro atoms. The molecule has 18 heavy (non-hydrogen) atoms. The van der Waals surface area contributed by atoms with Gasteiger partial charge in [0.05, 0.1) is 23.6 Å². The lowest BCUT2D eigenvalue weighted by Crippen LogP contribution is -2.05. The van der Waals surface area contributed by atoms with Crippen molar-refractivity contribution in [2.75, 3.05) is 5.32 Å². The summed E-state index contributed by atoms with van der Waals surface area (Å²) in [6.07, 6.45) is 1.32. The Morgan fingerprint density at radius 1 is 1.39 bits per heavy atom. The Bertz CT molecular complexity index is 549. The van der Waals surface area contributed by atoms with Gasteiger partial charge in [0.15, 0.2) is 11.6 Å². The molecule has 1 aromatic carbocycles. The number of anilines is 1. The number of rotatable bonds is 4. The van der Waals surface area contributed by atoms with Crippen LogP contribution in [0.3, 0.4) is 0 Å². The molecule has 0 radical (unpaired) electrons.